The molecule has 0 fully saturated rings. The van der Waals surface area contributed by atoms with Crippen molar-refractivity contribution in [3.05, 3.63) is 70.7 Å². The quantitative estimate of drug-likeness (QED) is 0.458. The second kappa shape index (κ2) is 7.48. The molecule has 2 heterocycles. The Hall–Kier alpha value is -2.93. The van der Waals surface area contributed by atoms with E-state index in [1.54, 1.807) is 12.4 Å². The van der Waals surface area contributed by atoms with Crippen LogP contribution in [-0.2, 0) is 16.6 Å². The molecular weight excluding hydrogens is 432 g/mol. The Morgan fingerprint density at radius 1 is 1.14 bits per heavy atom. The first kappa shape index (κ1) is 19.4. The molecule has 2 aromatic carbocycles. The summed E-state index contributed by atoms with van der Waals surface area (Å²) >= 11 is 3.47. The van der Waals surface area contributed by atoms with E-state index in [0.717, 1.165) is 32.5 Å². The normalized spacial score (nSPS) is 11.7. The maximum absolute atomic E-state index is 12.3. The Kier molecular flexibility index (Phi) is 5.00. The number of imidazole rings is 1. The number of benzene rings is 2. The van der Waals surface area contributed by atoms with Crippen LogP contribution in [0.4, 0.5) is 5.82 Å². The summed E-state index contributed by atoms with van der Waals surface area (Å²) in [4.78, 5) is 16.8. The highest BCUT2D eigenvalue weighted by molar-refractivity contribution is 9.10. The predicted molar refractivity (Wildman–Crippen MR) is 116 cm³/mol. The Labute approximate surface area is 177 Å². The summed E-state index contributed by atoms with van der Waals surface area (Å²) in [6, 6.07) is 15.6. The highest BCUT2D eigenvalue weighted by Gasteiger charge is 2.20. The number of anilines is 1. The Bertz CT molecular complexity index is 1170. The lowest BCUT2D eigenvalue weighted by molar-refractivity contribution is -0.115. The van der Waals surface area contributed by atoms with E-state index in [4.69, 9.17) is 4.52 Å². The van der Waals surface area contributed by atoms with Gasteiger partial charge in [-0.25, -0.2) is 4.98 Å². The van der Waals surface area contributed by atoms with Crippen LogP contribution in [0.5, 0.6) is 0 Å². The number of nitrogens with zero attached hydrogens (tertiary/aromatic N) is 3. The van der Waals surface area contributed by atoms with Gasteiger partial charge in [-0.15, -0.1) is 0 Å². The molecule has 0 saturated heterocycles. The number of hydrogen-bond donors (Lipinski definition) is 1. The Morgan fingerprint density at radius 2 is 1.90 bits per heavy atom. The van der Waals surface area contributed by atoms with Crippen LogP contribution < -0.4 is 5.32 Å². The number of amides is 1. The fraction of sp³-hybridized carbons (Fsp3) is 0.227. The molecule has 29 heavy (non-hydrogen) atoms. The van der Waals surface area contributed by atoms with Crippen LogP contribution in [0.2, 0.25) is 0 Å². The van der Waals surface area contributed by atoms with Crippen LogP contribution in [0.3, 0.4) is 0 Å². The third-order valence-corrected chi connectivity index (χ3v) is 5.10. The zero-order valence-electron chi connectivity index (χ0n) is 16.4. The van der Waals surface area contributed by atoms with E-state index in [-0.39, 0.29) is 17.7 Å². The van der Waals surface area contributed by atoms with Crippen molar-refractivity contribution in [2.24, 2.45) is 0 Å². The SMILES string of the molecule is CC(C)(C)c1cc(NC(=O)Cc2ccc(-n3cnc4cc(Br)ccc43)cc2)no1. The van der Waals surface area contributed by atoms with E-state index < -0.39 is 0 Å². The maximum atomic E-state index is 12.3. The maximum Gasteiger partial charge on any atom is 0.230 e. The number of hydrogen-bond acceptors (Lipinski definition) is 4. The minimum atomic E-state index is -0.153. The summed E-state index contributed by atoms with van der Waals surface area (Å²) in [6.07, 6.45) is 2.06. The number of rotatable bonds is 4. The first-order chi connectivity index (χ1) is 13.8. The van der Waals surface area contributed by atoms with Crippen LogP contribution in [0, 0.1) is 0 Å². The van der Waals surface area contributed by atoms with Gasteiger partial charge < -0.3 is 9.84 Å². The van der Waals surface area contributed by atoms with Gasteiger partial charge in [-0.2, -0.15) is 0 Å². The smallest absolute Gasteiger partial charge is 0.230 e. The largest absolute Gasteiger partial charge is 0.359 e. The van der Waals surface area contributed by atoms with Gasteiger partial charge >= 0.3 is 0 Å². The second-order valence-corrected chi connectivity index (χ2v) is 8.88. The van der Waals surface area contributed by atoms with Gasteiger partial charge in [0.2, 0.25) is 5.91 Å². The minimum absolute atomic E-state index is 0.135. The van der Waals surface area contributed by atoms with Crippen molar-refractivity contribution >= 4 is 38.7 Å². The lowest BCUT2D eigenvalue weighted by Crippen LogP contribution is -2.14. The molecule has 148 valence electrons. The highest BCUT2D eigenvalue weighted by atomic mass is 79.9. The second-order valence-electron chi connectivity index (χ2n) is 7.97. The first-order valence-electron chi connectivity index (χ1n) is 9.28. The van der Waals surface area contributed by atoms with Crippen molar-refractivity contribution in [2.45, 2.75) is 32.6 Å². The van der Waals surface area contributed by atoms with Gasteiger partial charge in [0.1, 0.15) is 12.1 Å². The fourth-order valence-corrected chi connectivity index (χ4v) is 3.37. The van der Waals surface area contributed by atoms with Gasteiger partial charge in [-0.05, 0) is 35.9 Å². The number of fused-ring (bicyclic) bond motifs is 1. The van der Waals surface area contributed by atoms with E-state index in [0.29, 0.717) is 5.82 Å². The summed E-state index contributed by atoms with van der Waals surface area (Å²) in [5.74, 6) is 1.04. The molecule has 1 amide bonds. The monoisotopic (exact) mass is 452 g/mol. The molecule has 0 aliphatic rings. The average molecular weight is 453 g/mol. The zero-order chi connectivity index (χ0) is 20.6. The molecule has 2 aromatic heterocycles. The van der Waals surface area contributed by atoms with E-state index >= 15 is 0 Å². The van der Waals surface area contributed by atoms with Gasteiger partial charge in [0.15, 0.2) is 5.82 Å². The van der Waals surface area contributed by atoms with E-state index in [9.17, 15) is 4.79 Å². The average Bonchev–Trinajstić information content (AvgIpc) is 3.29. The topological polar surface area (TPSA) is 73.0 Å². The summed E-state index contributed by atoms with van der Waals surface area (Å²) in [5.41, 5.74) is 3.70. The molecule has 0 radical (unpaired) electrons. The first-order valence-corrected chi connectivity index (χ1v) is 10.1. The molecular formula is C22H21BrN4O2. The molecule has 0 atom stereocenters. The minimum Gasteiger partial charge on any atom is -0.359 e. The summed E-state index contributed by atoms with van der Waals surface area (Å²) in [6.45, 7) is 6.09. The van der Waals surface area contributed by atoms with Crippen molar-refractivity contribution in [3.8, 4) is 5.69 Å². The van der Waals surface area contributed by atoms with Crippen molar-refractivity contribution in [1.29, 1.82) is 0 Å². The highest BCUT2D eigenvalue weighted by Crippen LogP contribution is 2.25. The van der Waals surface area contributed by atoms with Crippen LogP contribution >= 0.6 is 15.9 Å². The van der Waals surface area contributed by atoms with Gasteiger partial charge in [-0.3, -0.25) is 9.36 Å². The van der Waals surface area contributed by atoms with Crippen LogP contribution in [0.25, 0.3) is 16.7 Å². The molecule has 0 saturated carbocycles. The third kappa shape index (κ3) is 4.24. The predicted octanol–water partition coefficient (Wildman–Crippen LogP) is 5.25. The van der Waals surface area contributed by atoms with Crippen molar-refractivity contribution in [3.63, 3.8) is 0 Å². The third-order valence-electron chi connectivity index (χ3n) is 4.61. The van der Waals surface area contributed by atoms with Gasteiger partial charge in [0.05, 0.1) is 17.5 Å². The zero-order valence-corrected chi connectivity index (χ0v) is 18.0. The van der Waals surface area contributed by atoms with Gasteiger partial charge in [0.25, 0.3) is 0 Å². The molecule has 4 rings (SSSR count). The number of halogens is 1. The van der Waals surface area contributed by atoms with Crippen LogP contribution in [-0.4, -0.2) is 20.6 Å². The Morgan fingerprint density at radius 3 is 2.59 bits per heavy atom. The molecule has 0 spiro atoms. The van der Waals surface area contributed by atoms with E-state index in [2.05, 4.69) is 31.4 Å². The van der Waals surface area contributed by atoms with Gasteiger partial charge in [-0.1, -0.05) is 54.0 Å². The summed E-state index contributed by atoms with van der Waals surface area (Å²) in [7, 11) is 0. The molecule has 0 aliphatic carbocycles. The number of carbonyl (C=O) groups excluding carboxylic acids is 1. The van der Waals surface area contributed by atoms with Crippen molar-refractivity contribution in [2.75, 3.05) is 5.32 Å². The molecule has 0 bridgehead atoms. The number of nitrogens with one attached hydrogen (secondary N) is 1. The molecule has 0 unspecified atom stereocenters. The number of aromatic nitrogens is 3. The molecule has 4 aromatic rings. The molecule has 7 heteroatoms. The van der Waals surface area contributed by atoms with Crippen LogP contribution in [0.1, 0.15) is 32.1 Å². The van der Waals surface area contributed by atoms with E-state index in [1.807, 2.05) is 67.8 Å². The van der Waals surface area contributed by atoms with Crippen molar-refractivity contribution in [1.82, 2.24) is 14.7 Å². The van der Waals surface area contributed by atoms with Crippen LogP contribution in [0.15, 0.2) is 63.9 Å². The Balaban J connectivity index is 1.45. The fourth-order valence-electron chi connectivity index (χ4n) is 3.03. The lowest BCUT2D eigenvalue weighted by Gasteiger charge is -2.12. The van der Waals surface area contributed by atoms with Crippen molar-refractivity contribution < 1.29 is 9.32 Å². The number of carbonyl (C=O) groups is 1. The summed E-state index contributed by atoms with van der Waals surface area (Å²) in [5, 5.41) is 6.72. The molecule has 6 nitrogen and oxygen atoms in total. The van der Waals surface area contributed by atoms with Gasteiger partial charge in [0, 0.05) is 21.6 Å². The lowest BCUT2D eigenvalue weighted by atomic mass is 9.93. The van der Waals surface area contributed by atoms with E-state index in [1.165, 1.54) is 0 Å². The standard InChI is InChI=1S/C22H21BrN4O2/c1-22(2,3)19-12-20(26-29-19)25-21(28)10-14-4-7-16(8-5-14)27-13-24-17-11-15(23)6-9-18(17)27/h4-9,11-13H,10H2,1-3H3,(H,25,26,28). The molecule has 1 N–H and O–H groups in total. The summed E-state index contributed by atoms with van der Waals surface area (Å²) < 4.78 is 8.32. The molecule has 0 aliphatic heterocycles.